The van der Waals surface area contributed by atoms with Crippen LogP contribution >= 0.6 is 12.2 Å². The van der Waals surface area contributed by atoms with Crippen molar-refractivity contribution in [1.82, 2.24) is 10.2 Å². The van der Waals surface area contributed by atoms with E-state index in [2.05, 4.69) is 17.3 Å². The number of amides is 1. The Bertz CT molecular complexity index is 367. The summed E-state index contributed by atoms with van der Waals surface area (Å²) >= 11 is 5.19. The van der Waals surface area contributed by atoms with Crippen molar-refractivity contribution in [2.45, 2.75) is 37.8 Å². The van der Waals surface area contributed by atoms with Crippen LogP contribution < -0.4 is 11.1 Å². The molecule has 2 aliphatic rings. The zero-order chi connectivity index (χ0) is 14.0. The highest BCUT2D eigenvalue weighted by Crippen LogP contribution is 2.25. The van der Waals surface area contributed by atoms with Crippen molar-refractivity contribution in [2.24, 2.45) is 11.7 Å². The molecule has 2 rings (SSSR count). The Hall–Kier alpha value is -0.720. The van der Waals surface area contributed by atoms with Gasteiger partial charge >= 0.3 is 0 Å². The summed E-state index contributed by atoms with van der Waals surface area (Å²) in [4.78, 5) is 15.0. The second-order valence-electron chi connectivity index (χ2n) is 5.80. The van der Waals surface area contributed by atoms with Crippen LogP contribution in [-0.4, -0.2) is 54.2 Å². The van der Waals surface area contributed by atoms with Crippen LogP contribution in [0.4, 0.5) is 0 Å². The van der Waals surface area contributed by atoms with E-state index in [0.717, 1.165) is 32.4 Å². The molecule has 19 heavy (non-hydrogen) atoms. The quantitative estimate of drug-likeness (QED) is 0.729. The van der Waals surface area contributed by atoms with E-state index in [1.165, 1.54) is 0 Å². The second-order valence-corrected chi connectivity index (χ2v) is 6.24. The molecule has 0 spiro atoms. The SMILES string of the molecule is CC1CCOC1C(=O)NC1(C(N)=S)CCN(C)CC1. The number of nitrogens with two attached hydrogens (primary N) is 1. The van der Waals surface area contributed by atoms with Crippen LogP contribution in [0.5, 0.6) is 0 Å². The molecule has 2 heterocycles. The van der Waals surface area contributed by atoms with Gasteiger partial charge in [0.2, 0.25) is 5.91 Å². The van der Waals surface area contributed by atoms with Gasteiger partial charge in [-0.3, -0.25) is 4.79 Å². The molecule has 1 amide bonds. The molecular weight excluding hydrogens is 262 g/mol. The van der Waals surface area contributed by atoms with Gasteiger partial charge in [0.05, 0.1) is 10.5 Å². The zero-order valence-corrected chi connectivity index (χ0v) is 12.5. The van der Waals surface area contributed by atoms with E-state index in [-0.39, 0.29) is 17.9 Å². The average molecular weight is 285 g/mol. The molecular formula is C13H23N3O2S. The fourth-order valence-corrected chi connectivity index (χ4v) is 3.03. The average Bonchev–Trinajstić information content (AvgIpc) is 2.78. The van der Waals surface area contributed by atoms with E-state index < -0.39 is 5.54 Å². The first-order chi connectivity index (χ1) is 8.94. The Balaban J connectivity index is 2.04. The number of carbonyl (C=O) groups excluding carboxylic acids is 1. The fourth-order valence-electron chi connectivity index (χ4n) is 2.77. The fraction of sp³-hybridized carbons (Fsp3) is 0.846. The molecule has 3 N–H and O–H groups in total. The Labute approximate surface area is 119 Å². The largest absolute Gasteiger partial charge is 0.391 e. The van der Waals surface area contributed by atoms with Gasteiger partial charge in [0.15, 0.2) is 0 Å². The monoisotopic (exact) mass is 285 g/mol. The summed E-state index contributed by atoms with van der Waals surface area (Å²) in [7, 11) is 2.06. The smallest absolute Gasteiger partial charge is 0.250 e. The van der Waals surface area contributed by atoms with Crippen LogP contribution in [0.3, 0.4) is 0 Å². The van der Waals surface area contributed by atoms with Gasteiger partial charge in [0.25, 0.3) is 0 Å². The highest BCUT2D eigenvalue weighted by molar-refractivity contribution is 7.80. The van der Waals surface area contributed by atoms with Crippen LogP contribution in [0.2, 0.25) is 0 Å². The molecule has 0 aromatic carbocycles. The Kier molecular flexibility index (Phi) is 4.43. The van der Waals surface area contributed by atoms with Gasteiger partial charge in [-0.2, -0.15) is 0 Å². The Morgan fingerprint density at radius 1 is 1.47 bits per heavy atom. The number of nitrogens with zero attached hydrogens (tertiary/aromatic N) is 1. The summed E-state index contributed by atoms with van der Waals surface area (Å²) in [6, 6.07) is 0. The topological polar surface area (TPSA) is 67.6 Å². The molecule has 2 aliphatic heterocycles. The van der Waals surface area contributed by atoms with E-state index in [1.54, 1.807) is 0 Å². The molecule has 0 aromatic heterocycles. The van der Waals surface area contributed by atoms with Gasteiger partial charge in [0, 0.05) is 19.7 Å². The number of hydrogen-bond donors (Lipinski definition) is 2. The van der Waals surface area contributed by atoms with Gasteiger partial charge in [-0.15, -0.1) is 0 Å². The highest BCUT2D eigenvalue weighted by atomic mass is 32.1. The highest BCUT2D eigenvalue weighted by Gasteiger charge is 2.41. The standard InChI is InChI=1S/C13H23N3O2S/c1-9-3-8-18-10(9)11(17)15-13(12(14)19)4-6-16(2)7-5-13/h9-10H,3-8H2,1-2H3,(H2,14,19)(H,15,17). The lowest BCUT2D eigenvalue weighted by Crippen LogP contribution is -2.63. The number of nitrogens with one attached hydrogen (secondary N) is 1. The number of thiocarbonyl (C=S) groups is 1. The number of piperidine rings is 1. The molecule has 2 atom stereocenters. The summed E-state index contributed by atoms with van der Waals surface area (Å²) < 4.78 is 5.51. The van der Waals surface area contributed by atoms with Gasteiger partial charge in [-0.05, 0) is 32.2 Å². The van der Waals surface area contributed by atoms with Gasteiger partial charge in [-0.1, -0.05) is 19.1 Å². The normalized spacial score (nSPS) is 31.1. The number of likely N-dealkylation sites (tertiary alicyclic amines) is 1. The third-order valence-corrected chi connectivity index (χ3v) is 4.71. The minimum atomic E-state index is -0.537. The minimum absolute atomic E-state index is 0.0673. The van der Waals surface area contributed by atoms with Crippen LogP contribution in [0.25, 0.3) is 0 Å². The van der Waals surface area contributed by atoms with Crippen LogP contribution in [0.15, 0.2) is 0 Å². The lowest BCUT2D eigenvalue weighted by Gasteiger charge is -2.41. The van der Waals surface area contributed by atoms with Gasteiger partial charge < -0.3 is 20.7 Å². The maximum absolute atomic E-state index is 12.4. The van der Waals surface area contributed by atoms with Crippen molar-refractivity contribution in [3.05, 3.63) is 0 Å². The third kappa shape index (κ3) is 3.07. The van der Waals surface area contributed by atoms with Crippen molar-refractivity contribution in [1.29, 1.82) is 0 Å². The molecule has 2 unspecified atom stereocenters. The number of ether oxygens (including phenoxy) is 1. The molecule has 5 nitrogen and oxygen atoms in total. The first-order valence-electron chi connectivity index (χ1n) is 6.87. The van der Waals surface area contributed by atoms with E-state index in [9.17, 15) is 4.79 Å². The summed E-state index contributed by atoms with van der Waals surface area (Å²) in [5, 5.41) is 3.07. The van der Waals surface area contributed by atoms with Crippen molar-refractivity contribution >= 4 is 23.1 Å². The lowest BCUT2D eigenvalue weighted by atomic mass is 9.87. The Morgan fingerprint density at radius 2 is 2.11 bits per heavy atom. The van der Waals surface area contributed by atoms with Gasteiger partial charge in [0.1, 0.15) is 6.10 Å². The van der Waals surface area contributed by atoms with Crippen LogP contribution in [0, 0.1) is 5.92 Å². The van der Waals surface area contributed by atoms with E-state index >= 15 is 0 Å². The van der Waals surface area contributed by atoms with E-state index in [1.807, 2.05) is 6.92 Å². The molecule has 2 fully saturated rings. The number of rotatable bonds is 3. The Morgan fingerprint density at radius 3 is 2.58 bits per heavy atom. The molecule has 108 valence electrons. The zero-order valence-electron chi connectivity index (χ0n) is 11.6. The predicted octanol–water partition coefficient (Wildman–Crippen LogP) is 0.278. The third-order valence-electron chi connectivity index (χ3n) is 4.32. The summed E-state index contributed by atoms with van der Waals surface area (Å²) in [5.41, 5.74) is 5.35. The first-order valence-corrected chi connectivity index (χ1v) is 7.27. The van der Waals surface area contributed by atoms with E-state index in [4.69, 9.17) is 22.7 Å². The molecule has 0 saturated carbocycles. The van der Waals surface area contributed by atoms with Crippen molar-refractivity contribution in [2.75, 3.05) is 26.7 Å². The van der Waals surface area contributed by atoms with Gasteiger partial charge in [-0.25, -0.2) is 0 Å². The van der Waals surface area contributed by atoms with Crippen LogP contribution in [0.1, 0.15) is 26.2 Å². The maximum Gasteiger partial charge on any atom is 0.250 e. The summed E-state index contributed by atoms with van der Waals surface area (Å²) in [5.74, 6) is 0.192. The summed E-state index contributed by atoms with van der Waals surface area (Å²) in [6.45, 7) is 4.47. The van der Waals surface area contributed by atoms with Crippen molar-refractivity contribution in [3.63, 3.8) is 0 Å². The minimum Gasteiger partial charge on any atom is -0.391 e. The van der Waals surface area contributed by atoms with Crippen molar-refractivity contribution < 1.29 is 9.53 Å². The molecule has 0 radical (unpaired) electrons. The molecule has 6 heteroatoms. The predicted molar refractivity (Wildman–Crippen MR) is 77.9 cm³/mol. The molecule has 0 aliphatic carbocycles. The molecule has 2 saturated heterocycles. The van der Waals surface area contributed by atoms with Crippen molar-refractivity contribution in [3.8, 4) is 0 Å². The summed E-state index contributed by atoms with van der Waals surface area (Å²) in [6.07, 6.45) is 2.11. The first kappa shape index (κ1) is 14.7. The van der Waals surface area contributed by atoms with E-state index in [0.29, 0.717) is 11.6 Å². The number of carbonyl (C=O) groups is 1. The van der Waals surface area contributed by atoms with Crippen LogP contribution in [-0.2, 0) is 9.53 Å². The number of hydrogen-bond acceptors (Lipinski definition) is 4. The maximum atomic E-state index is 12.4. The molecule has 0 bridgehead atoms. The second kappa shape index (κ2) is 5.73. The lowest BCUT2D eigenvalue weighted by molar-refractivity contribution is -0.133. The molecule has 0 aromatic rings.